The predicted octanol–water partition coefficient (Wildman–Crippen LogP) is 1.53. The fraction of sp³-hybridized carbons (Fsp3) is 0.300. The Morgan fingerprint density at radius 2 is 2.38 bits per heavy atom. The minimum absolute atomic E-state index is 0.300. The number of phenolic OH excluding ortho intramolecular Hbond substituents is 1. The quantitative estimate of drug-likeness (QED) is 0.542. The summed E-state index contributed by atoms with van der Waals surface area (Å²) < 4.78 is 0. The fourth-order valence-electron chi connectivity index (χ4n) is 0.990. The first-order chi connectivity index (χ1) is 6.33. The largest absolute Gasteiger partial charge is 0.508 e. The third-order valence-corrected chi connectivity index (χ3v) is 1.58. The Morgan fingerprint density at radius 1 is 1.54 bits per heavy atom. The molecule has 0 amide bonds. The minimum Gasteiger partial charge on any atom is -0.508 e. The van der Waals surface area contributed by atoms with Crippen molar-refractivity contribution in [2.45, 2.75) is 13.3 Å². The normalized spacial score (nSPS) is 10.5. The number of nitrogens with one attached hydrogen (secondary N) is 1. The molecule has 3 nitrogen and oxygen atoms in total. The summed E-state index contributed by atoms with van der Waals surface area (Å²) in [4.78, 5) is 0. The van der Waals surface area contributed by atoms with Crippen molar-refractivity contribution in [1.82, 2.24) is 5.43 Å². The van der Waals surface area contributed by atoms with Crippen LogP contribution < -0.4 is 5.43 Å². The Balaban J connectivity index is 2.45. The first-order valence-corrected chi connectivity index (χ1v) is 4.35. The molecule has 0 aromatic heterocycles. The maximum atomic E-state index is 9.16. The summed E-state index contributed by atoms with van der Waals surface area (Å²) in [6.45, 7) is 2.82. The van der Waals surface area contributed by atoms with E-state index in [9.17, 15) is 0 Å². The van der Waals surface area contributed by atoms with E-state index in [1.807, 2.05) is 19.1 Å². The third kappa shape index (κ3) is 3.60. The van der Waals surface area contributed by atoms with E-state index in [0.717, 1.165) is 18.5 Å². The lowest BCUT2D eigenvalue weighted by atomic mass is 10.1. The first kappa shape index (κ1) is 9.58. The van der Waals surface area contributed by atoms with Gasteiger partial charge in [0.05, 0.1) is 0 Å². The molecule has 0 aliphatic rings. The highest BCUT2D eigenvalue weighted by Crippen LogP contribution is 2.10. The van der Waals surface area contributed by atoms with Gasteiger partial charge in [-0.2, -0.15) is 5.10 Å². The number of phenols is 1. The van der Waals surface area contributed by atoms with Gasteiger partial charge in [0.2, 0.25) is 0 Å². The molecule has 0 spiro atoms. The minimum atomic E-state index is 0.300. The third-order valence-electron chi connectivity index (χ3n) is 1.58. The van der Waals surface area contributed by atoms with Gasteiger partial charge in [0.1, 0.15) is 5.75 Å². The lowest BCUT2D eigenvalue weighted by Crippen LogP contribution is -2.03. The van der Waals surface area contributed by atoms with E-state index >= 15 is 0 Å². The molecule has 0 atom stereocenters. The van der Waals surface area contributed by atoms with Crippen LogP contribution in [0.4, 0.5) is 0 Å². The van der Waals surface area contributed by atoms with Crippen LogP contribution in [0.25, 0.3) is 0 Å². The van der Waals surface area contributed by atoms with E-state index in [2.05, 4.69) is 10.5 Å². The van der Waals surface area contributed by atoms with Gasteiger partial charge in [0.25, 0.3) is 0 Å². The van der Waals surface area contributed by atoms with Crippen molar-refractivity contribution in [3.63, 3.8) is 0 Å². The summed E-state index contributed by atoms with van der Waals surface area (Å²) in [5.74, 6) is 0.300. The standard InChI is InChI=1S/C10H14N2O/c1-2-11-12-7-6-9-4-3-5-10(13)8-9/h3-5,7-8,11,13H,2,6H2,1H3/b12-7-. The molecule has 13 heavy (non-hydrogen) atoms. The lowest BCUT2D eigenvalue weighted by Gasteiger charge is -1.96. The summed E-state index contributed by atoms with van der Waals surface area (Å²) in [6.07, 6.45) is 2.53. The van der Waals surface area contributed by atoms with Crippen LogP contribution in [0, 0.1) is 0 Å². The number of hydrogen-bond acceptors (Lipinski definition) is 3. The Kier molecular flexibility index (Phi) is 3.82. The van der Waals surface area contributed by atoms with Gasteiger partial charge in [-0.3, -0.25) is 0 Å². The Bertz CT molecular complexity index is 284. The van der Waals surface area contributed by atoms with E-state index in [1.165, 1.54) is 0 Å². The van der Waals surface area contributed by atoms with Crippen LogP contribution in [0.2, 0.25) is 0 Å². The van der Waals surface area contributed by atoms with Crippen LogP contribution in [-0.4, -0.2) is 17.9 Å². The number of nitrogens with zero attached hydrogens (tertiary/aromatic N) is 1. The molecule has 1 aromatic rings. The zero-order valence-electron chi connectivity index (χ0n) is 7.70. The average Bonchev–Trinajstić information content (AvgIpc) is 2.13. The number of aromatic hydroxyl groups is 1. The smallest absolute Gasteiger partial charge is 0.115 e. The molecular formula is C10H14N2O. The zero-order valence-corrected chi connectivity index (χ0v) is 7.70. The van der Waals surface area contributed by atoms with Gasteiger partial charge in [-0.05, 0) is 24.6 Å². The zero-order chi connectivity index (χ0) is 9.52. The summed E-state index contributed by atoms with van der Waals surface area (Å²) in [5, 5.41) is 13.1. The summed E-state index contributed by atoms with van der Waals surface area (Å²) in [6, 6.07) is 7.17. The van der Waals surface area contributed by atoms with E-state index in [1.54, 1.807) is 18.3 Å². The molecule has 70 valence electrons. The Hall–Kier alpha value is -1.51. The van der Waals surface area contributed by atoms with Gasteiger partial charge in [0, 0.05) is 19.2 Å². The molecular weight excluding hydrogens is 164 g/mol. The van der Waals surface area contributed by atoms with Crippen LogP contribution in [0.1, 0.15) is 12.5 Å². The van der Waals surface area contributed by atoms with Crippen molar-refractivity contribution in [2.75, 3.05) is 6.54 Å². The van der Waals surface area contributed by atoms with E-state index in [0.29, 0.717) is 5.75 Å². The van der Waals surface area contributed by atoms with E-state index in [-0.39, 0.29) is 0 Å². The molecule has 0 aliphatic heterocycles. The highest BCUT2D eigenvalue weighted by molar-refractivity contribution is 5.61. The number of rotatable bonds is 4. The van der Waals surface area contributed by atoms with Crippen molar-refractivity contribution >= 4 is 6.21 Å². The Labute approximate surface area is 78.1 Å². The molecule has 0 fully saturated rings. The van der Waals surface area contributed by atoms with Crippen LogP contribution in [-0.2, 0) is 6.42 Å². The number of benzene rings is 1. The fourth-order valence-corrected chi connectivity index (χ4v) is 0.990. The van der Waals surface area contributed by atoms with Crippen LogP contribution in [0.15, 0.2) is 29.4 Å². The number of hydrogen-bond donors (Lipinski definition) is 2. The first-order valence-electron chi connectivity index (χ1n) is 4.35. The SMILES string of the molecule is CCN/N=C\Cc1cccc(O)c1. The number of hydrazone groups is 1. The second kappa shape index (κ2) is 5.19. The molecule has 0 saturated carbocycles. The second-order valence-corrected chi connectivity index (χ2v) is 2.70. The molecule has 1 rings (SSSR count). The van der Waals surface area contributed by atoms with Crippen LogP contribution in [0.5, 0.6) is 5.75 Å². The molecule has 0 aliphatic carbocycles. The van der Waals surface area contributed by atoms with Crippen LogP contribution >= 0.6 is 0 Å². The summed E-state index contributed by atoms with van der Waals surface area (Å²) in [5.41, 5.74) is 3.90. The topological polar surface area (TPSA) is 44.6 Å². The molecule has 3 heteroatoms. The average molecular weight is 178 g/mol. The van der Waals surface area contributed by atoms with Gasteiger partial charge in [-0.1, -0.05) is 12.1 Å². The summed E-state index contributed by atoms with van der Waals surface area (Å²) in [7, 11) is 0. The molecule has 0 radical (unpaired) electrons. The van der Waals surface area contributed by atoms with Gasteiger partial charge < -0.3 is 10.5 Å². The monoisotopic (exact) mass is 178 g/mol. The molecule has 0 saturated heterocycles. The highest BCUT2D eigenvalue weighted by Gasteiger charge is 1.90. The van der Waals surface area contributed by atoms with E-state index in [4.69, 9.17) is 5.11 Å². The van der Waals surface area contributed by atoms with Crippen molar-refractivity contribution in [1.29, 1.82) is 0 Å². The van der Waals surface area contributed by atoms with Crippen LogP contribution in [0.3, 0.4) is 0 Å². The van der Waals surface area contributed by atoms with Crippen molar-refractivity contribution in [3.05, 3.63) is 29.8 Å². The van der Waals surface area contributed by atoms with Gasteiger partial charge >= 0.3 is 0 Å². The molecule has 2 N–H and O–H groups in total. The van der Waals surface area contributed by atoms with Crippen molar-refractivity contribution in [3.8, 4) is 5.75 Å². The molecule has 0 bridgehead atoms. The molecule has 0 unspecified atom stereocenters. The summed E-state index contributed by atoms with van der Waals surface area (Å²) >= 11 is 0. The van der Waals surface area contributed by atoms with Crippen molar-refractivity contribution in [2.24, 2.45) is 5.10 Å². The Morgan fingerprint density at radius 3 is 3.08 bits per heavy atom. The maximum Gasteiger partial charge on any atom is 0.115 e. The molecule has 0 heterocycles. The van der Waals surface area contributed by atoms with Gasteiger partial charge in [0.15, 0.2) is 0 Å². The van der Waals surface area contributed by atoms with Gasteiger partial charge in [-0.15, -0.1) is 0 Å². The molecule has 1 aromatic carbocycles. The highest BCUT2D eigenvalue weighted by atomic mass is 16.3. The second-order valence-electron chi connectivity index (χ2n) is 2.70. The van der Waals surface area contributed by atoms with E-state index < -0.39 is 0 Å². The maximum absolute atomic E-state index is 9.16. The predicted molar refractivity (Wildman–Crippen MR) is 54.0 cm³/mol. The van der Waals surface area contributed by atoms with Crippen molar-refractivity contribution < 1.29 is 5.11 Å². The lowest BCUT2D eigenvalue weighted by molar-refractivity contribution is 0.475. The van der Waals surface area contributed by atoms with Gasteiger partial charge in [-0.25, -0.2) is 0 Å².